The summed E-state index contributed by atoms with van der Waals surface area (Å²) in [4.78, 5) is 35.9. The second-order valence-corrected chi connectivity index (χ2v) is 10.9. The number of nitrogens with one attached hydrogen (secondary N) is 1. The second kappa shape index (κ2) is 12.6. The lowest BCUT2D eigenvalue weighted by Gasteiger charge is -2.51. The van der Waals surface area contributed by atoms with Gasteiger partial charge in [0.15, 0.2) is 12.1 Å². The maximum absolute atomic E-state index is 13.4. The number of carboxylic acids is 1. The van der Waals surface area contributed by atoms with Crippen LogP contribution in [-0.2, 0) is 14.3 Å². The number of fused-ring (bicyclic) bond motifs is 3. The van der Waals surface area contributed by atoms with Crippen LogP contribution in [0.1, 0.15) is 34.1 Å². The highest BCUT2D eigenvalue weighted by Crippen LogP contribution is 2.37. The molecule has 0 amide bonds. The lowest BCUT2D eigenvalue weighted by Crippen LogP contribution is -2.65. The largest absolute Gasteiger partial charge is 0.542 e. The first-order valence-corrected chi connectivity index (χ1v) is 13.7. The van der Waals surface area contributed by atoms with Crippen LogP contribution >= 0.6 is 11.3 Å². The molecule has 7 nitrogen and oxygen atoms in total. The van der Waals surface area contributed by atoms with E-state index in [-0.39, 0.29) is 17.9 Å². The summed E-state index contributed by atoms with van der Waals surface area (Å²) >= 11 is 1.50. The van der Waals surface area contributed by atoms with Crippen LogP contribution in [0.15, 0.2) is 78.2 Å². The van der Waals surface area contributed by atoms with Gasteiger partial charge in [0.1, 0.15) is 19.1 Å². The molecule has 1 aromatic heterocycles. The Kier molecular flexibility index (Phi) is 9.26. The lowest BCUT2D eigenvalue weighted by atomic mass is 9.83. The number of esters is 1. The van der Waals surface area contributed by atoms with Gasteiger partial charge in [-0.25, -0.2) is 4.79 Å². The predicted octanol–water partition coefficient (Wildman–Crippen LogP) is 4.24. The molecule has 11 heteroatoms. The Morgan fingerprint density at radius 1 is 0.975 bits per heavy atom. The van der Waals surface area contributed by atoms with E-state index >= 15 is 0 Å². The molecule has 3 aliphatic heterocycles. The fourth-order valence-electron chi connectivity index (χ4n) is 5.24. The minimum Gasteiger partial charge on any atom is -0.542 e. The Bertz CT molecular complexity index is 1280. The predicted molar refractivity (Wildman–Crippen MR) is 141 cm³/mol. The number of ketones is 1. The zero-order valence-electron chi connectivity index (χ0n) is 21.5. The van der Waals surface area contributed by atoms with Crippen molar-refractivity contribution in [1.82, 2.24) is 0 Å². The number of Topliss-reactive ketones (excluding diaryl/α,β-unsaturated/α-hetero) is 1. The molecule has 0 aliphatic carbocycles. The molecule has 2 aromatic carbocycles. The lowest BCUT2D eigenvalue weighted by molar-refractivity contribution is -0.938. The fourth-order valence-corrected chi connectivity index (χ4v) is 5.90. The Morgan fingerprint density at radius 2 is 1.57 bits per heavy atom. The van der Waals surface area contributed by atoms with Gasteiger partial charge in [-0.15, -0.1) is 11.3 Å². The zero-order valence-corrected chi connectivity index (χ0v) is 22.3. The molecular formula is C29H29F3N2O5S. The number of alkyl halides is 3. The van der Waals surface area contributed by atoms with Crippen LogP contribution in [0.4, 0.5) is 18.9 Å². The van der Waals surface area contributed by atoms with Gasteiger partial charge in [0.25, 0.3) is 0 Å². The molecule has 0 radical (unpaired) electrons. The van der Waals surface area contributed by atoms with Crippen molar-refractivity contribution in [3.05, 3.63) is 88.6 Å². The minimum atomic E-state index is -5.19. The number of carbonyl (C=O) groups is 3. The highest BCUT2D eigenvalue weighted by molar-refractivity contribution is 7.12. The van der Waals surface area contributed by atoms with Crippen LogP contribution in [0.5, 0.6) is 0 Å². The third kappa shape index (κ3) is 7.48. The van der Waals surface area contributed by atoms with Crippen LogP contribution < -0.4 is 10.4 Å². The van der Waals surface area contributed by atoms with E-state index in [0.717, 1.165) is 53.1 Å². The fraction of sp³-hybridized carbons (Fsp3) is 0.345. The number of hydrogen-bond donors (Lipinski definition) is 1. The van der Waals surface area contributed by atoms with E-state index in [0.29, 0.717) is 12.5 Å². The smallest absolute Gasteiger partial charge is 0.430 e. The number of hydrogen-bond acceptors (Lipinski definition) is 7. The number of thiophene rings is 1. The molecule has 0 saturated carbocycles. The average Bonchev–Trinajstić information content (AvgIpc) is 3.49. The van der Waals surface area contributed by atoms with E-state index in [9.17, 15) is 22.8 Å². The number of carboxylic acid groups (broad SMARTS) is 1. The van der Waals surface area contributed by atoms with E-state index in [4.69, 9.17) is 14.6 Å². The first kappa shape index (κ1) is 29.3. The Labute approximate surface area is 233 Å². The van der Waals surface area contributed by atoms with Crippen molar-refractivity contribution in [2.75, 3.05) is 31.5 Å². The number of halogens is 3. The van der Waals surface area contributed by atoms with Crippen LogP contribution in [0.3, 0.4) is 0 Å². The number of benzene rings is 2. The van der Waals surface area contributed by atoms with E-state index in [2.05, 4.69) is 5.32 Å². The van der Waals surface area contributed by atoms with Crippen molar-refractivity contribution in [1.29, 1.82) is 0 Å². The minimum absolute atomic E-state index is 0.153. The number of piperidine rings is 3. The van der Waals surface area contributed by atoms with Gasteiger partial charge in [0.2, 0.25) is 5.78 Å². The second-order valence-electron chi connectivity index (χ2n) is 9.98. The van der Waals surface area contributed by atoms with E-state index in [1.807, 2.05) is 78.2 Å². The van der Waals surface area contributed by atoms with Gasteiger partial charge >= 0.3 is 12.1 Å². The first-order valence-electron chi connectivity index (χ1n) is 12.8. The summed E-state index contributed by atoms with van der Waals surface area (Å²) in [6, 6.07) is 22.7. The molecule has 0 spiro atoms. The monoisotopic (exact) mass is 574 g/mol. The number of aliphatic carboxylic acids is 1. The third-order valence-electron chi connectivity index (χ3n) is 7.27. The summed E-state index contributed by atoms with van der Waals surface area (Å²) in [6.07, 6.45) is -3.35. The van der Waals surface area contributed by atoms with Crippen molar-refractivity contribution < 1.29 is 41.9 Å². The van der Waals surface area contributed by atoms with Crippen LogP contribution in [-0.4, -0.2) is 60.7 Å². The number of anilines is 1. The molecule has 3 fully saturated rings. The van der Waals surface area contributed by atoms with Crippen LogP contribution in [0, 0.1) is 5.92 Å². The quantitative estimate of drug-likeness (QED) is 0.246. The molecule has 212 valence electrons. The molecule has 3 aliphatic rings. The first-order chi connectivity index (χ1) is 19.1. The molecule has 3 saturated heterocycles. The summed E-state index contributed by atoms with van der Waals surface area (Å²) < 4.78 is 38.5. The van der Waals surface area contributed by atoms with Gasteiger partial charge in [-0.05, 0) is 29.1 Å². The van der Waals surface area contributed by atoms with Crippen molar-refractivity contribution in [3.8, 4) is 0 Å². The Hall–Kier alpha value is -3.70. The standard InChI is InChI=1S/C27H29N2O3S.C2HF3O2/c30-23(25-12-7-17-33-25)18-29-15-13-20(14-16-29)24(19-29)32-27(31)26(21-8-3-1-4-9-21)28-22-10-5-2-6-11-22;3-2(4,5)1(6)7/h1-12,17,20,24,26,28H,13-16,18-19H2;(H,6,7)/q+1;/p-1. The number of ether oxygens (including phenoxy) is 1. The summed E-state index contributed by atoms with van der Waals surface area (Å²) in [5.74, 6) is -2.69. The van der Waals surface area contributed by atoms with Gasteiger partial charge in [0.05, 0.1) is 18.0 Å². The number of para-hydroxylation sites is 1. The number of nitrogens with zero attached hydrogens (tertiary/aromatic N) is 1. The molecule has 4 heterocycles. The van der Waals surface area contributed by atoms with Gasteiger partial charge in [-0.3, -0.25) is 4.79 Å². The van der Waals surface area contributed by atoms with Crippen LogP contribution in [0.25, 0.3) is 0 Å². The summed E-state index contributed by atoms with van der Waals surface area (Å²) in [6.45, 7) is 3.19. The van der Waals surface area contributed by atoms with Crippen molar-refractivity contribution >= 4 is 34.7 Å². The van der Waals surface area contributed by atoms with Gasteiger partial charge < -0.3 is 24.4 Å². The van der Waals surface area contributed by atoms with Gasteiger partial charge in [0, 0.05) is 24.4 Å². The molecule has 1 N–H and O–H groups in total. The molecule has 2 unspecified atom stereocenters. The van der Waals surface area contributed by atoms with Gasteiger partial charge in [-0.2, -0.15) is 13.2 Å². The average molecular weight is 575 g/mol. The Balaban J connectivity index is 0.000000470. The van der Waals surface area contributed by atoms with E-state index in [1.165, 1.54) is 11.3 Å². The van der Waals surface area contributed by atoms with Gasteiger partial charge in [-0.1, -0.05) is 54.6 Å². The third-order valence-corrected chi connectivity index (χ3v) is 8.18. The molecule has 2 atom stereocenters. The van der Waals surface area contributed by atoms with Crippen molar-refractivity contribution in [2.45, 2.75) is 31.2 Å². The Morgan fingerprint density at radius 3 is 2.12 bits per heavy atom. The number of rotatable bonds is 8. The highest BCUT2D eigenvalue weighted by atomic mass is 32.1. The maximum Gasteiger partial charge on any atom is 0.430 e. The maximum atomic E-state index is 13.4. The topological polar surface area (TPSA) is 95.5 Å². The number of quaternary nitrogens is 1. The SMILES string of the molecule is O=C(C[N+]12CCC(CC1)C(OC(=O)C(Nc1ccccc1)c1ccccc1)C2)c1cccs1.O=C([O-])C(F)(F)F. The molecular weight excluding hydrogens is 545 g/mol. The summed E-state index contributed by atoms with van der Waals surface area (Å²) in [5.41, 5.74) is 1.76. The van der Waals surface area contributed by atoms with Crippen molar-refractivity contribution in [3.63, 3.8) is 0 Å². The molecule has 40 heavy (non-hydrogen) atoms. The van der Waals surface area contributed by atoms with E-state index in [1.54, 1.807) is 0 Å². The van der Waals surface area contributed by atoms with Crippen LogP contribution in [0.2, 0.25) is 0 Å². The molecule has 2 bridgehead atoms. The summed E-state index contributed by atoms with van der Waals surface area (Å²) in [7, 11) is 0. The normalized spacial score (nSPS) is 22.4. The molecule has 3 aromatic rings. The summed E-state index contributed by atoms with van der Waals surface area (Å²) in [5, 5.41) is 14.1. The zero-order chi connectivity index (χ0) is 28.8. The van der Waals surface area contributed by atoms with E-state index < -0.39 is 18.2 Å². The van der Waals surface area contributed by atoms with Crippen molar-refractivity contribution in [2.24, 2.45) is 5.92 Å². The number of carbonyl (C=O) groups excluding carboxylic acids is 3. The molecule has 6 rings (SSSR count). The highest BCUT2D eigenvalue weighted by Gasteiger charge is 2.49.